The number of hydrogen-bond donors (Lipinski definition) is 0. The van der Waals surface area contributed by atoms with E-state index in [4.69, 9.17) is 4.74 Å². The van der Waals surface area contributed by atoms with Gasteiger partial charge in [-0.2, -0.15) is 0 Å². The SMILES string of the molecule is CCOC(=O)C[C@@H]1CCCC[C@H]1C. The minimum atomic E-state index is -0.0127. The van der Waals surface area contributed by atoms with Crippen LogP contribution in [-0.2, 0) is 9.53 Å². The number of hydrogen-bond acceptors (Lipinski definition) is 2. The van der Waals surface area contributed by atoms with Crippen LogP contribution in [0.15, 0.2) is 0 Å². The fraction of sp³-hybridized carbons (Fsp3) is 0.909. The Bertz CT molecular complexity index is 165. The second kappa shape index (κ2) is 5.25. The first-order chi connectivity index (χ1) is 6.24. The molecule has 13 heavy (non-hydrogen) atoms. The van der Waals surface area contributed by atoms with Gasteiger partial charge in [-0.1, -0.05) is 26.2 Å². The van der Waals surface area contributed by atoms with Gasteiger partial charge < -0.3 is 4.74 Å². The summed E-state index contributed by atoms with van der Waals surface area (Å²) in [7, 11) is 0. The number of ether oxygens (including phenoxy) is 1. The minimum Gasteiger partial charge on any atom is -0.466 e. The molecule has 0 radical (unpaired) electrons. The standard InChI is InChI=1S/C11H20O2/c1-3-13-11(12)8-10-7-5-4-6-9(10)2/h9-10H,3-8H2,1-2H3/t9-,10+/m1/s1. The maximum absolute atomic E-state index is 11.2. The van der Waals surface area contributed by atoms with Crippen LogP contribution < -0.4 is 0 Å². The van der Waals surface area contributed by atoms with Gasteiger partial charge >= 0.3 is 5.97 Å². The highest BCUT2D eigenvalue weighted by Crippen LogP contribution is 2.31. The summed E-state index contributed by atoms with van der Waals surface area (Å²) in [5.41, 5.74) is 0. The molecule has 1 saturated carbocycles. The molecule has 2 heteroatoms. The molecule has 0 unspecified atom stereocenters. The van der Waals surface area contributed by atoms with E-state index >= 15 is 0 Å². The molecule has 76 valence electrons. The molecule has 0 aromatic heterocycles. The lowest BCUT2D eigenvalue weighted by Crippen LogP contribution is -2.21. The minimum absolute atomic E-state index is 0.0127. The number of rotatable bonds is 3. The molecule has 2 atom stereocenters. The third-order valence-electron chi connectivity index (χ3n) is 3.02. The zero-order valence-corrected chi connectivity index (χ0v) is 8.71. The number of carbonyl (C=O) groups is 1. The summed E-state index contributed by atoms with van der Waals surface area (Å²) in [5, 5.41) is 0. The Morgan fingerprint density at radius 1 is 1.38 bits per heavy atom. The van der Waals surface area contributed by atoms with Gasteiger partial charge in [0.05, 0.1) is 6.61 Å². The maximum Gasteiger partial charge on any atom is 0.306 e. The highest BCUT2D eigenvalue weighted by Gasteiger charge is 2.23. The van der Waals surface area contributed by atoms with E-state index in [1.54, 1.807) is 0 Å². The van der Waals surface area contributed by atoms with Gasteiger partial charge in [0.2, 0.25) is 0 Å². The van der Waals surface area contributed by atoms with Gasteiger partial charge in [0.25, 0.3) is 0 Å². The highest BCUT2D eigenvalue weighted by atomic mass is 16.5. The fourth-order valence-corrected chi connectivity index (χ4v) is 2.13. The van der Waals surface area contributed by atoms with E-state index in [1.807, 2.05) is 6.92 Å². The van der Waals surface area contributed by atoms with E-state index in [0.29, 0.717) is 24.9 Å². The molecule has 0 aliphatic heterocycles. The molecule has 1 aliphatic carbocycles. The first kappa shape index (κ1) is 10.6. The van der Waals surface area contributed by atoms with Gasteiger partial charge in [0.1, 0.15) is 0 Å². The molecule has 0 spiro atoms. The topological polar surface area (TPSA) is 26.3 Å². The van der Waals surface area contributed by atoms with Gasteiger partial charge in [-0.25, -0.2) is 0 Å². The van der Waals surface area contributed by atoms with Crippen LogP contribution in [0.5, 0.6) is 0 Å². The van der Waals surface area contributed by atoms with Gasteiger partial charge in [-0.15, -0.1) is 0 Å². The predicted molar refractivity (Wildman–Crippen MR) is 52.4 cm³/mol. The van der Waals surface area contributed by atoms with Crippen LogP contribution in [-0.4, -0.2) is 12.6 Å². The molecular weight excluding hydrogens is 164 g/mol. The zero-order chi connectivity index (χ0) is 9.68. The zero-order valence-electron chi connectivity index (χ0n) is 8.71. The summed E-state index contributed by atoms with van der Waals surface area (Å²) in [6, 6.07) is 0. The first-order valence-corrected chi connectivity index (χ1v) is 5.39. The lowest BCUT2D eigenvalue weighted by atomic mass is 9.79. The van der Waals surface area contributed by atoms with Crippen molar-refractivity contribution in [3.05, 3.63) is 0 Å². The molecule has 0 amide bonds. The van der Waals surface area contributed by atoms with Crippen LogP contribution in [0.3, 0.4) is 0 Å². The largest absolute Gasteiger partial charge is 0.466 e. The van der Waals surface area contributed by atoms with Crippen molar-refractivity contribution in [3.8, 4) is 0 Å². The average Bonchev–Trinajstić information content (AvgIpc) is 2.09. The second-order valence-corrected chi connectivity index (χ2v) is 4.03. The van der Waals surface area contributed by atoms with Gasteiger partial charge in [0.15, 0.2) is 0 Å². The Kier molecular flexibility index (Phi) is 4.26. The summed E-state index contributed by atoms with van der Waals surface area (Å²) in [5.74, 6) is 1.27. The molecule has 0 bridgehead atoms. The summed E-state index contributed by atoms with van der Waals surface area (Å²) in [6.07, 6.45) is 5.74. The van der Waals surface area contributed by atoms with Crippen LogP contribution in [0.1, 0.15) is 46.0 Å². The van der Waals surface area contributed by atoms with E-state index in [-0.39, 0.29) is 5.97 Å². The monoisotopic (exact) mass is 184 g/mol. The van der Waals surface area contributed by atoms with E-state index in [2.05, 4.69) is 6.92 Å². The van der Waals surface area contributed by atoms with Crippen LogP contribution >= 0.6 is 0 Å². The molecule has 0 N–H and O–H groups in total. The molecule has 0 saturated heterocycles. The first-order valence-electron chi connectivity index (χ1n) is 5.39. The molecule has 0 aromatic carbocycles. The molecule has 0 heterocycles. The van der Waals surface area contributed by atoms with Crippen molar-refractivity contribution in [3.63, 3.8) is 0 Å². The van der Waals surface area contributed by atoms with Crippen LogP contribution in [0.4, 0.5) is 0 Å². The number of carbonyl (C=O) groups excluding carboxylic acids is 1. The Morgan fingerprint density at radius 3 is 2.69 bits per heavy atom. The molecule has 0 aromatic rings. The summed E-state index contributed by atoms with van der Waals surface area (Å²) in [6.45, 7) is 4.63. The Hall–Kier alpha value is -0.530. The van der Waals surface area contributed by atoms with Crippen molar-refractivity contribution >= 4 is 5.97 Å². The van der Waals surface area contributed by atoms with Crippen molar-refractivity contribution in [2.75, 3.05) is 6.61 Å². The second-order valence-electron chi connectivity index (χ2n) is 4.03. The molecular formula is C11H20O2. The van der Waals surface area contributed by atoms with Crippen LogP contribution in [0.25, 0.3) is 0 Å². The van der Waals surface area contributed by atoms with Crippen LogP contribution in [0.2, 0.25) is 0 Å². The van der Waals surface area contributed by atoms with Gasteiger partial charge in [0, 0.05) is 6.42 Å². The van der Waals surface area contributed by atoms with Crippen LogP contribution in [0, 0.1) is 11.8 Å². The Balaban J connectivity index is 2.29. The van der Waals surface area contributed by atoms with E-state index in [9.17, 15) is 4.79 Å². The number of esters is 1. The lowest BCUT2D eigenvalue weighted by Gasteiger charge is -2.27. The molecule has 1 fully saturated rings. The summed E-state index contributed by atoms with van der Waals surface area (Å²) in [4.78, 5) is 11.2. The molecule has 2 nitrogen and oxygen atoms in total. The lowest BCUT2D eigenvalue weighted by molar-refractivity contribution is -0.144. The predicted octanol–water partition coefficient (Wildman–Crippen LogP) is 2.77. The normalized spacial score (nSPS) is 28.5. The summed E-state index contributed by atoms with van der Waals surface area (Å²) < 4.78 is 4.95. The Morgan fingerprint density at radius 2 is 2.08 bits per heavy atom. The van der Waals surface area contributed by atoms with Gasteiger partial charge in [-0.05, 0) is 25.2 Å². The van der Waals surface area contributed by atoms with Crippen molar-refractivity contribution in [2.24, 2.45) is 11.8 Å². The van der Waals surface area contributed by atoms with Gasteiger partial charge in [-0.3, -0.25) is 4.79 Å². The Labute approximate surface area is 80.7 Å². The van der Waals surface area contributed by atoms with E-state index in [0.717, 1.165) is 0 Å². The maximum atomic E-state index is 11.2. The fourth-order valence-electron chi connectivity index (χ4n) is 2.13. The van der Waals surface area contributed by atoms with Crippen molar-refractivity contribution in [1.29, 1.82) is 0 Å². The van der Waals surface area contributed by atoms with E-state index in [1.165, 1.54) is 25.7 Å². The third-order valence-corrected chi connectivity index (χ3v) is 3.02. The molecule has 1 aliphatic rings. The quantitative estimate of drug-likeness (QED) is 0.630. The molecule has 1 rings (SSSR count). The van der Waals surface area contributed by atoms with Crippen molar-refractivity contribution in [2.45, 2.75) is 46.0 Å². The third kappa shape index (κ3) is 3.37. The smallest absolute Gasteiger partial charge is 0.306 e. The van der Waals surface area contributed by atoms with E-state index < -0.39 is 0 Å². The summed E-state index contributed by atoms with van der Waals surface area (Å²) >= 11 is 0. The van der Waals surface area contributed by atoms with Crippen molar-refractivity contribution in [1.82, 2.24) is 0 Å². The average molecular weight is 184 g/mol. The highest BCUT2D eigenvalue weighted by molar-refractivity contribution is 5.69. The van der Waals surface area contributed by atoms with Crippen molar-refractivity contribution < 1.29 is 9.53 Å².